The van der Waals surface area contributed by atoms with Gasteiger partial charge in [-0.2, -0.15) is 5.10 Å². The average Bonchev–Trinajstić information content (AvgIpc) is 2.42. The van der Waals surface area contributed by atoms with Crippen molar-refractivity contribution in [2.24, 2.45) is 5.92 Å². The normalized spacial score (nSPS) is 12.5. The first-order chi connectivity index (χ1) is 9.11. The van der Waals surface area contributed by atoms with Crippen molar-refractivity contribution < 1.29 is 4.79 Å². The van der Waals surface area contributed by atoms with Crippen LogP contribution in [0.15, 0.2) is 29.1 Å². The third kappa shape index (κ3) is 3.08. The van der Waals surface area contributed by atoms with E-state index in [2.05, 4.69) is 24.0 Å². The number of nitrogens with zero attached hydrogens (tertiary/aromatic N) is 1. The molecule has 0 spiro atoms. The number of fused-ring (bicyclic) bond motifs is 1. The van der Waals surface area contributed by atoms with Crippen molar-refractivity contribution >= 4 is 16.6 Å². The molecule has 0 bridgehead atoms. The van der Waals surface area contributed by atoms with Crippen molar-refractivity contribution in [3.63, 3.8) is 0 Å². The summed E-state index contributed by atoms with van der Waals surface area (Å²) in [6.45, 7) is 4.14. The topological polar surface area (TPSA) is 62.8 Å². The number of carbonyl (C=O) groups is 1. The maximum Gasteiger partial charge on any atom is 0.272 e. The zero-order valence-electron chi connectivity index (χ0n) is 11.3. The third-order valence-corrected chi connectivity index (χ3v) is 3.41. The molecule has 0 aliphatic heterocycles. The molecule has 1 unspecified atom stereocenters. The largest absolute Gasteiger partial charge is 0.299 e. The molecule has 0 aliphatic carbocycles. The van der Waals surface area contributed by atoms with Crippen LogP contribution in [0.4, 0.5) is 0 Å². The van der Waals surface area contributed by atoms with Gasteiger partial charge in [0.1, 0.15) is 5.78 Å². The van der Waals surface area contributed by atoms with Gasteiger partial charge < -0.3 is 0 Å². The molecule has 0 amide bonds. The van der Waals surface area contributed by atoms with Gasteiger partial charge in [-0.3, -0.25) is 9.59 Å². The number of hydrogen-bond acceptors (Lipinski definition) is 3. The molecule has 1 atom stereocenters. The van der Waals surface area contributed by atoms with E-state index < -0.39 is 0 Å². The summed E-state index contributed by atoms with van der Waals surface area (Å²) in [5.41, 5.74) is 0.442. The van der Waals surface area contributed by atoms with Gasteiger partial charge in [0.15, 0.2) is 0 Å². The van der Waals surface area contributed by atoms with E-state index in [0.717, 1.165) is 11.8 Å². The molecular weight excluding hydrogens is 240 g/mol. The van der Waals surface area contributed by atoms with Crippen LogP contribution >= 0.6 is 0 Å². The summed E-state index contributed by atoms with van der Waals surface area (Å²) in [6.07, 6.45) is 1.83. The first kappa shape index (κ1) is 13.5. The van der Waals surface area contributed by atoms with E-state index >= 15 is 0 Å². The van der Waals surface area contributed by atoms with Crippen molar-refractivity contribution in [1.29, 1.82) is 0 Å². The van der Waals surface area contributed by atoms with Gasteiger partial charge in [0.25, 0.3) is 5.56 Å². The van der Waals surface area contributed by atoms with E-state index in [1.165, 1.54) is 0 Å². The van der Waals surface area contributed by atoms with Crippen LogP contribution in [0.3, 0.4) is 0 Å². The maximum atomic E-state index is 12.0. The molecule has 1 aromatic heterocycles. The molecule has 4 nitrogen and oxygen atoms in total. The molecule has 0 saturated heterocycles. The predicted molar refractivity (Wildman–Crippen MR) is 75.1 cm³/mol. The molecule has 0 aliphatic rings. The summed E-state index contributed by atoms with van der Waals surface area (Å²) in [5.74, 6) is 0.556. The fourth-order valence-electron chi connectivity index (χ4n) is 2.10. The lowest BCUT2D eigenvalue weighted by atomic mass is 9.98. The van der Waals surface area contributed by atoms with E-state index in [-0.39, 0.29) is 17.8 Å². The Balaban J connectivity index is 2.29. The first-order valence-electron chi connectivity index (χ1n) is 6.59. The molecule has 0 saturated carbocycles. The van der Waals surface area contributed by atoms with Crippen LogP contribution in [0.1, 0.15) is 32.4 Å². The number of nitrogens with one attached hydrogen (secondary N) is 1. The highest BCUT2D eigenvalue weighted by Crippen LogP contribution is 2.15. The van der Waals surface area contributed by atoms with Gasteiger partial charge in [0, 0.05) is 11.8 Å². The second kappa shape index (κ2) is 5.78. The highest BCUT2D eigenvalue weighted by atomic mass is 16.1. The summed E-state index contributed by atoms with van der Waals surface area (Å²) in [4.78, 5) is 23.6. The average molecular weight is 258 g/mol. The minimum absolute atomic E-state index is 0.166. The molecule has 19 heavy (non-hydrogen) atoms. The fourth-order valence-corrected chi connectivity index (χ4v) is 2.10. The van der Waals surface area contributed by atoms with E-state index in [4.69, 9.17) is 0 Å². The maximum absolute atomic E-state index is 12.0. The number of carbonyl (C=O) groups excluding carboxylic acids is 1. The number of aromatic nitrogens is 2. The van der Waals surface area contributed by atoms with Crippen LogP contribution in [-0.2, 0) is 11.2 Å². The van der Waals surface area contributed by atoms with Crippen molar-refractivity contribution in [3.05, 3.63) is 40.3 Å². The number of rotatable bonds is 5. The van der Waals surface area contributed by atoms with Crippen molar-refractivity contribution in [2.45, 2.75) is 33.1 Å². The summed E-state index contributed by atoms with van der Waals surface area (Å²) < 4.78 is 0. The van der Waals surface area contributed by atoms with Gasteiger partial charge in [-0.1, -0.05) is 38.5 Å². The standard InChI is InChI=1S/C15H18N2O2/c1-3-10(2)8-11(18)9-14-12-6-4-5-7-13(12)15(19)17-16-14/h4-7,10H,3,8-9H2,1-2H3,(H,17,19). The van der Waals surface area contributed by atoms with Crippen molar-refractivity contribution in [1.82, 2.24) is 10.2 Å². The minimum atomic E-state index is -0.214. The van der Waals surface area contributed by atoms with Gasteiger partial charge >= 0.3 is 0 Å². The van der Waals surface area contributed by atoms with Crippen LogP contribution < -0.4 is 5.56 Å². The Morgan fingerprint density at radius 2 is 2.00 bits per heavy atom. The SMILES string of the molecule is CCC(C)CC(=O)Cc1n[nH]c(=O)c2ccccc12. The predicted octanol–water partition coefficient (Wildman–Crippen LogP) is 2.47. The Labute approximate surface area is 111 Å². The minimum Gasteiger partial charge on any atom is -0.299 e. The third-order valence-electron chi connectivity index (χ3n) is 3.41. The smallest absolute Gasteiger partial charge is 0.272 e. The number of Topliss-reactive ketones (excluding diaryl/α,β-unsaturated/α-hetero) is 1. The Morgan fingerprint density at radius 1 is 1.32 bits per heavy atom. The van der Waals surface area contributed by atoms with E-state index in [9.17, 15) is 9.59 Å². The number of hydrogen-bond donors (Lipinski definition) is 1. The second-order valence-electron chi connectivity index (χ2n) is 4.98. The molecule has 1 aromatic carbocycles. The van der Waals surface area contributed by atoms with Gasteiger partial charge in [0.2, 0.25) is 0 Å². The lowest BCUT2D eigenvalue weighted by Gasteiger charge is -2.08. The van der Waals surface area contributed by atoms with E-state index in [1.807, 2.05) is 18.2 Å². The van der Waals surface area contributed by atoms with Crippen LogP contribution in [0.25, 0.3) is 10.8 Å². The highest BCUT2D eigenvalue weighted by molar-refractivity contribution is 5.89. The Bertz CT molecular complexity index is 646. The summed E-state index contributed by atoms with van der Waals surface area (Å²) >= 11 is 0. The Morgan fingerprint density at radius 3 is 2.68 bits per heavy atom. The van der Waals surface area contributed by atoms with Crippen LogP contribution in [-0.4, -0.2) is 16.0 Å². The fraction of sp³-hybridized carbons (Fsp3) is 0.400. The molecule has 4 heteroatoms. The van der Waals surface area contributed by atoms with Crippen LogP contribution in [0.5, 0.6) is 0 Å². The molecule has 100 valence electrons. The molecule has 1 N–H and O–H groups in total. The van der Waals surface area contributed by atoms with Gasteiger partial charge in [-0.15, -0.1) is 0 Å². The van der Waals surface area contributed by atoms with Gasteiger partial charge in [0.05, 0.1) is 17.5 Å². The van der Waals surface area contributed by atoms with Crippen LogP contribution in [0.2, 0.25) is 0 Å². The lowest BCUT2D eigenvalue weighted by molar-refractivity contribution is -0.119. The number of H-pyrrole nitrogens is 1. The summed E-state index contributed by atoms with van der Waals surface area (Å²) in [5, 5.41) is 7.83. The Kier molecular flexibility index (Phi) is 4.10. The summed E-state index contributed by atoms with van der Waals surface area (Å²) in [6, 6.07) is 7.25. The molecule has 0 fully saturated rings. The molecule has 2 rings (SSSR count). The number of ketones is 1. The second-order valence-corrected chi connectivity index (χ2v) is 4.98. The summed E-state index contributed by atoms with van der Waals surface area (Å²) in [7, 11) is 0. The van der Waals surface area contributed by atoms with Crippen LogP contribution in [0, 0.1) is 5.92 Å². The highest BCUT2D eigenvalue weighted by Gasteiger charge is 2.12. The van der Waals surface area contributed by atoms with E-state index in [1.54, 1.807) is 6.07 Å². The zero-order chi connectivity index (χ0) is 13.8. The monoisotopic (exact) mass is 258 g/mol. The molecule has 2 aromatic rings. The van der Waals surface area contributed by atoms with Gasteiger partial charge in [-0.25, -0.2) is 5.10 Å². The quantitative estimate of drug-likeness (QED) is 0.896. The zero-order valence-corrected chi connectivity index (χ0v) is 11.3. The molecule has 1 heterocycles. The number of aromatic amines is 1. The number of benzene rings is 1. The lowest BCUT2D eigenvalue weighted by Crippen LogP contribution is -2.14. The molecule has 0 radical (unpaired) electrons. The Hall–Kier alpha value is -1.97. The van der Waals surface area contributed by atoms with Crippen molar-refractivity contribution in [3.8, 4) is 0 Å². The van der Waals surface area contributed by atoms with Crippen molar-refractivity contribution in [2.75, 3.05) is 0 Å². The molecular formula is C15H18N2O2. The van der Waals surface area contributed by atoms with E-state index in [0.29, 0.717) is 23.4 Å². The van der Waals surface area contributed by atoms with Gasteiger partial charge in [-0.05, 0) is 12.0 Å². The first-order valence-corrected chi connectivity index (χ1v) is 6.59.